The van der Waals surface area contributed by atoms with Gasteiger partial charge in [0.2, 0.25) is 11.8 Å². The first kappa shape index (κ1) is 30.3. The molecule has 0 radical (unpaired) electrons. The predicted molar refractivity (Wildman–Crippen MR) is 144 cm³/mol. The second-order valence-electron chi connectivity index (χ2n) is 11.8. The average Bonchev–Trinajstić information content (AvgIpc) is 3.67. The molecule has 0 bridgehead atoms. The number of halogens is 5. The summed E-state index contributed by atoms with van der Waals surface area (Å²) in [4.78, 5) is 31.6. The second-order valence-corrected chi connectivity index (χ2v) is 11.8. The van der Waals surface area contributed by atoms with Crippen LogP contribution in [0.15, 0.2) is 33.4 Å². The maximum atomic E-state index is 14.1. The number of ether oxygens (including phenoxy) is 1. The molecule has 1 aromatic carbocycles. The monoisotopic (exact) mass is 625 g/mol. The molecular weight excluding hydrogens is 593 g/mol. The summed E-state index contributed by atoms with van der Waals surface area (Å²) in [6.45, 7) is -0.673. The Bertz CT molecular complexity index is 1510. The van der Waals surface area contributed by atoms with E-state index in [0.29, 0.717) is 22.2 Å². The van der Waals surface area contributed by atoms with Crippen molar-refractivity contribution in [3.8, 4) is 0 Å². The number of fused-ring (bicyclic) bond motifs is 1. The number of methoxy groups -OCH3 is 1. The number of urea groups is 1. The number of benzene rings is 1. The molecule has 0 spiro atoms. The Morgan fingerprint density at radius 1 is 1.23 bits per heavy atom. The zero-order valence-electron chi connectivity index (χ0n) is 23.8. The number of carbonyl (C=O) groups excluding carboxylic acids is 2. The Labute approximate surface area is 248 Å². The number of hydrogen-bond donors (Lipinski definition) is 2. The van der Waals surface area contributed by atoms with Gasteiger partial charge < -0.3 is 29.2 Å². The van der Waals surface area contributed by atoms with Crippen molar-refractivity contribution >= 4 is 23.0 Å². The van der Waals surface area contributed by atoms with Gasteiger partial charge >= 0.3 is 12.2 Å². The Kier molecular flexibility index (Phi) is 8.01. The van der Waals surface area contributed by atoms with Crippen molar-refractivity contribution in [2.45, 2.75) is 81.1 Å². The third kappa shape index (κ3) is 5.97. The number of amides is 3. The van der Waals surface area contributed by atoms with E-state index < -0.39 is 54.6 Å². The molecule has 44 heavy (non-hydrogen) atoms. The molecule has 10 nitrogen and oxygen atoms in total. The first-order valence-corrected chi connectivity index (χ1v) is 14.6. The summed E-state index contributed by atoms with van der Waals surface area (Å²) in [5.41, 5.74) is 1.94. The van der Waals surface area contributed by atoms with Gasteiger partial charge in [-0.2, -0.15) is 13.2 Å². The lowest BCUT2D eigenvalue weighted by atomic mass is 9.80. The van der Waals surface area contributed by atoms with E-state index >= 15 is 0 Å². The van der Waals surface area contributed by atoms with E-state index in [9.17, 15) is 31.5 Å². The highest BCUT2D eigenvalue weighted by atomic mass is 19.4. The number of nitrogens with one attached hydrogen (secondary N) is 2. The van der Waals surface area contributed by atoms with E-state index in [1.807, 2.05) is 5.32 Å². The van der Waals surface area contributed by atoms with Crippen molar-refractivity contribution in [1.82, 2.24) is 25.7 Å². The van der Waals surface area contributed by atoms with Crippen molar-refractivity contribution in [2.75, 3.05) is 20.3 Å². The summed E-state index contributed by atoms with van der Waals surface area (Å²) in [7, 11) is 1.38. The lowest BCUT2D eigenvalue weighted by Crippen LogP contribution is -2.40. The molecule has 2 unspecified atom stereocenters. The highest BCUT2D eigenvalue weighted by Crippen LogP contribution is 2.43. The summed E-state index contributed by atoms with van der Waals surface area (Å²) in [5.74, 6) is -3.45. The summed E-state index contributed by atoms with van der Waals surface area (Å²) < 4.78 is 84.5. The smallest absolute Gasteiger partial charge is 0.410 e. The van der Waals surface area contributed by atoms with Crippen LogP contribution in [0.3, 0.4) is 0 Å². The molecule has 1 aliphatic heterocycles. The molecule has 2 N–H and O–H groups in total. The topological polar surface area (TPSA) is 123 Å². The number of hydrogen-bond acceptors (Lipinski definition) is 7. The molecule has 3 atom stereocenters. The number of aromatic nitrogens is 2. The van der Waals surface area contributed by atoms with Crippen LogP contribution in [0.4, 0.5) is 26.7 Å². The van der Waals surface area contributed by atoms with E-state index in [4.69, 9.17) is 13.7 Å². The predicted octanol–water partition coefficient (Wildman–Crippen LogP) is 6.02. The normalized spacial score (nSPS) is 22.5. The fourth-order valence-electron chi connectivity index (χ4n) is 6.25. The van der Waals surface area contributed by atoms with Gasteiger partial charge in [-0.15, -0.1) is 0 Å². The van der Waals surface area contributed by atoms with Crippen molar-refractivity contribution in [2.24, 2.45) is 5.92 Å². The summed E-state index contributed by atoms with van der Waals surface area (Å²) in [6, 6.07) is 0.154. The first-order valence-electron chi connectivity index (χ1n) is 14.6. The molecule has 3 amide bonds. The van der Waals surface area contributed by atoms with E-state index in [0.717, 1.165) is 24.2 Å². The molecule has 2 saturated carbocycles. The standard InChI is InChI=1S/C29H32F5N5O5/c1-42-14-20(39-12-22(29(32,33)34)36-27(39)41)17-5-6-21-19(11-17)35-26(44-21)23(16-7-9-28(30,31)10-8-16)37-25(40)24-18(13-43-38-24)15-3-2-4-15/h5-6,11,13,15-16,20,22-23H,2-4,7-10,12,14H2,1H3,(H,36,41)(H,37,40)/t20?,22?,23-/m0/s1. The number of alkyl halides is 5. The molecule has 15 heteroatoms. The molecule has 3 aromatic rings. The molecule has 3 aliphatic rings. The van der Waals surface area contributed by atoms with Gasteiger partial charge in [-0.3, -0.25) is 4.79 Å². The van der Waals surface area contributed by atoms with Gasteiger partial charge in [-0.05, 0) is 55.2 Å². The maximum Gasteiger partial charge on any atom is 0.410 e. The molecule has 2 aliphatic carbocycles. The lowest BCUT2D eigenvalue weighted by Gasteiger charge is -2.32. The summed E-state index contributed by atoms with van der Waals surface area (Å²) in [5, 5.41) is 8.79. The highest BCUT2D eigenvalue weighted by molar-refractivity contribution is 5.94. The Balaban J connectivity index is 1.29. The Morgan fingerprint density at radius 3 is 2.61 bits per heavy atom. The van der Waals surface area contributed by atoms with Gasteiger partial charge in [0.05, 0.1) is 19.2 Å². The van der Waals surface area contributed by atoms with Gasteiger partial charge in [0.1, 0.15) is 23.9 Å². The zero-order chi connectivity index (χ0) is 31.2. The highest BCUT2D eigenvalue weighted by Gasteiger charge is 2.48. The second kappa shape index (κ2) is 11.6. The number of nitrogens with zero attached hydrogens (tertiary/aromatic N) is 3. The van der Waals surface area contributed by atoms with Crippen LogP contribution in [0.5, 0.6) is 0 Å². The molecule has 238 valence electrons. The zero-order valence-corrected chi connectivity index (χ0v) is 23.8. The maximum absolute atomic E-state index is 14.1. The van der Waals surface area contributed by atoms with Gasteiger partial charge in [0.25, 0.3) is 5.91 Å². The van der Waals surface area contributed by atoms with Crippen LogP contribution in [-0.4, -0.2) is 65.4 Å². The molecule has 3 fully saturated rings. The van der Waals surface area contributed by atoms with Crippen molar-refractivity contribution in [1.29, 1.82) is 0 Å². The molecule has 3 heterocycles. The van der Waals surface area contributed by atoms with Crippen LogP contribution in [0.25, 0.3) is 11.1 Å². The quantitative estimate of drug-likeness (QED) is 0.279. The van der Waals surface area contributed by atoms with Crippen LogP contribution < -0.4 is 10.6 Å². The van der Waals surface area contributed by atoms with Crippen LogP contribution in [0, 0.1) is 5.92 Å². The minimum Gasteiger partial charge on any atom is -0.438 e. The number of oxazole rings is 1. The molecule has 2 aromatic heterocycles. The van der Waals surface area contributed by atoms with Crippen LogP contribution in [0.2, 0.25) is 0 Å². The summed E-state index contributed by atoms with van der Waals surface area (Å²) >= 11 is 0. The third-order valence-corrected chi connectivity index (χ3v) is 8.99. The number of rotatable bonds is 9. The molecule has 6 rings (SSSR count). The third-order valence-electron chi connectivity index (χ3n) is 8.99. The van der Waals surface area contributed by atoms with Crippen molar-refractivity contribution in [3.63, 3.8) is 0 Å². The summed E-state index contributed by atoms with van der Waals surface area (Å²) in [6.07, 6.45) is -0.733. The van der Waals surface area contributed by atoms with E-state index in [1.54, 1.807) is 18.2 Å². The van der Waals surface area contributed by atoms with Gasteiger partial charge in [-0.1, -0.05) is 17.6 Å². The molecular formula is C29H32F5N5O5. The van der Waals surface area contributed by atoms with Crippen molar-refractivity contribution < 1.29 is 45.2 Å². The fraction of sp³-hybridized carbons (Fsp3) is 0.586. The van der Waals surface area contributed by atoms with Gasteiger partial charge in [0.15, 0.2) is 11.3 Å². The van der Waals surface area contributed by atoms with E-state index in [2.05, 4.69) is 15.5 Å². The van der Waals surface area contributed by atoms with Crippen molar-refractivity contribution in [3.05, 3.63) is 47.2 Å². The minimum atomic E-state index is -4.61. The van der Waals surface area contributed by atoms with Gasteiger partial charge in [-0.25, -0.2) is 18.6 Å². The van der Waals surface area contributed by atoms with Crippen LogP contribution in [0.1, 0.15) is 90.5 Å². The Morgan fingerprint density at radius 2 is 1.98 bits per heavy atom. The fourth-order valence-corrected chi connectivity index (χ4v) is 6.25. The SMILES string of the molecule is COCC(c1ccc2oc([C@@H](NC(=O)c3nocc3C3CCC3)C3CCC(F)(F)CC3)nc2c1)N1CC(C(F)(F)F)NC1=O. The number of carbonyl (C=O) groups is 2. The average molecular weight is 626 g/mol. The minimum absolute atomic E-state index is 0.0792. The lowest BCUT2D eigenvalue weighted by molar-refractivity contribution is -0.150. The largest absolute Gasteiger partial charge is 0.438 e. The first-order chi connectivity index (χ1) is 20.9. The van der Waals surface area contributed by atoms with Crippen LogP contribution >= 0.6 is 0 Å². The molecule has 1 saturated heterocycles. The van der Waals surface area contributed by atoms with Crippen LogP contribution in [-0.2, 0) is 4.74 Å². The van der Waals surface area contributed by atoms with E-state index in [1.165, 1.54) is 13.4 Å². The van der Waals surface area contributed by atoms with E-state index in [-0.39, 0.29) is 49.8 Å². The Hall–Kier alpha value is -3.75. The van der Waals surface area contributed by atoms with Gasteiger partial charge in [0, 0.05) is 25.5 Å².